The molecule has 29 heavy (non-hydrogen) atoms. The minimum absolute atomic E-state index is 0.206. The molecule has 0 radical (unpaired) electrons. The van der Waals surface area contributed by atoms with Gasteiger partial charge in [-0.2, -0.15) is 13.2 Å². The van der Waals surface area contributed by atoms with E-state index in [1.54, 1.807) is 13.3 Å². The number of hydrogen-bond acceptors (Lipinski definition) is 5. The lowest BCUT2D eigenvalue weighted by Crippen LogP contribution is -2.41. The Labute approximate surface area is 164 Å². The lowest BCUT2D eigenvalue weighted by molar-refractivity contribution is -0.137. The van der Waals surface area contributed by atoms with Gasteiger partial charge in [0.05, 0.1) is 17.9 Å². The minimum atomic E-state index is -4.52. The molecule has 6 nitrogen and oxygen atoms in total. The fourth-order valence-corrected chi connectivity index (χ4v) is 4.70. The van der Waals surface area contributed by atoms with Crippen molar-refractivity contribution in [2.24, 2.45) is 0 Å². The fraction of sp³-hybridized carbons (Fsp3) is 0.450. The van der Waals surface area contributed by atoms with Crippen LogP contribution in [0.5, 0.6) is 5.75 Å². The van der Waals surface area contributed by atoms with Gasteiger partial charge in [0.2, 0.25) is 0 Å². The number of imidazole rings is 1. The molecule has 2 aromatic heterocycles. The molecule has 2 aliphatic heterocycles. The van der Waals surface area contributed by atoms with Crippen molar-refractivity contribution < 1.29 is 18.3 Å². The summed E-state index contributed by atoms with van der Waals surface area (Å²) in [5.41, 5.74) is 1.62. The van der Waals surface area contributed by atoms with E-state index in [4.69, 9.17) is 0 Å². The summed E-state index contributed by atoms with van der Waals surface area (Å²) in [6.07, 6.45) is 1.73. The zero-order valence-electron chi connectivity index (χ0n) is 15.7. The third-order valence-electron chi connectivity index (χ3n) is 6.21. The number of rotatable bonds is 2. The standard InChI is InChI=1S/C20H20F3N5O/c1-10-17(13-5-2-11(8-16(13)29)20(21,22)23)26-27-19-18(10)24-9-28(19)15-7-4-12-3-6-14(15)25-12/h2,5,8-9,12,14-15,25,29H,3-4,6-7H2,1H3/t12-,14+,15+/m1/s1. The number of fused-ring (bicyclic) bond motifs is 3. The van der Waals surface area contributed by atoms with Crippen LogP contribution in [0.3, 0.4) is 0 Å². The normalized spacial score (nSPS) is 24.3. The Bertz CT molecular complexity index is 1090. The van der Waals surface area contributed by atoms with E-state index in [9.17, 15) is 18.3 Å². The highest BCUT2D eigenvalue weighted by atomic mass is 19.4. The molecule has 2 N–H and O–H groups in total. The number of aryl methyl sites for hydroxylation is 1. The monoisotopic (exact) mass is 403 g/mol. The summed E-state index contributed by atoms with van der Waals surface area (Å²) in [5, 5.41) is 22.4. The zero-order valence-corrected chi connectivity index (χ0v) is 15.7. The number of hydrogen-bond donors (Lipinski definition) is 2. The van der Waals surface area contributed by atoms with Gasteiger partial charge >= 0.3 is 6.18 Å². The van der Waals surface area contributed by atoms with Crippen LogP contribution in [0.1, 0.15) is 42.9 Å². The van der Waals surface area contributed by atoms with Crippen LogP contribution >= 0.6 is 0 Å². The van der Waals surface area contributed by atoms with Crippen molar-refractivity contribution in [3.63, 3.8) is 0 Å². The average molecular weight is 403 g/mol. The van der Waals surface area contributed by atoms with E-state index >= 15 is 0 Å². The summed E-state index contributed by atoms with van der Waals surface area (Å²) in [7, 11) is 0. The summed E-state index contributed by atoms with van der Waals surface area (Å²) in [5.74, 6) is -0.482. The van der Waals surface area contributed by atoms with Crippen LogP contribution < -0.4 is 5.32 Å². The van der Waals surface area contributed by atoms with Crippen molar-refractivity contribution in [1.29, 1.82) is 0 Å². The van der Waals surface area contributed by atoms with E-state index in [0.717, 1.165) is 25.3 Å². The summed E-state index contributed by atoms with van der Waals surface area (Å²) < 4.78 is 40.7. The van der Waals surface area contributed by atoms with E-state index in [1.807, 2.05) is 0 Å². The van der Waals surface area contributed by atoms with Gasteiger partial charge in [-0.25, -0.2) is 4.98 Å². The van der Waals surface area contributed by atoms with Gasteiger partial charge in [-0.15, -0.1) is 10.2 Å². The highest BCUT2D eigenvalue weighted by molar-refractivity contribution is 5.83. The third kappa shape index (κ3) is 2.95. The molecule has 2 aliphatic rings. The SMILES string of the molecule is Cc1c(-c2ccc(C(F)(F)F)cc2O)nnc2c1ncn2[C@H]1CC[C@H]2CC[C@@H]1N2. The maximum absolute atomic E-state index is 12.9. The lowest BCUT2D eigenvalue weighted by Gasteiger charge is -2.31. The molecule has 152 valence electrons. The van der Waals surface area contributed by atoms with Crippen LogP contribution in [0.15, 0.2) is 24.5 Å². The largest absolute Gasteiger partial charge is 0.507 e. The minimum Gasteiger partial charge on any atom is -0.507 e. The van der Waals surface area contributed by atoms with Crippen LogP contribution in [-0.4, -0.2) is 36.9 Å². The van der Waals surface area contributed by atoms with Crippen molar-refractivity contribution in [3.05, 3.63) is 35.7 Å². The fourth-order valence-electron chi connectivity index (χ4n) is 4.70. The average Bonchev–Trinajstić information content (AvgIpc) is 3.27. The van der Waals surface area contributed by atoms with Crippen molar-refractivity contribution in [2.75, 3.05) is 0 Å². The van der Waals surface area contributed by atoms with Crippen LogP contribution in [0.25, 0.3) is 22.4 Å². The molecule has 1 aromatic carbocycles. The highest BCUT2D eigenvalue weighted by Gasteiger charge is 2.37. The predicted octanol–water partition coefficient (Wildman–Crippen LogP) is 3.98. The third-order valence-corrected chi connectivity index (χ3v) is 6.21. The molecule has 3 aromatic rings. The second-order valence-electron chi connectivity index (χ2n) is 7.92. The Morgan fingerprint density at radius 2 is 1.93 bits per heavy atom. The molecule has 2 saturated heterocycles. The van der Waals surface area contributed by atoms with Crippen molar-refractivity contribution >= 4 is 11.2 Å². The number of piperidine rings is 1. The van der Waals surface area contributed by atoms with E-state index in [0.29, 0.717) is 40.6 Å². The zero-order chi connectivity index (χ0) is 20.3. The van der Waals surface area contributed by atoms with Gasteiger partial charge in [0, 0.05) is 23.2 Å². The van der Waals surface area contributed by atoms with E-state index in [1.165, 1.54) is 12.5 Å². The van der Waals surface area contributed by atoms with Crippen LogP contribution in [0, 0.1) is 6.92 Å². The number of halogens is 3. The molecule has 0 saturated carbocycles. The Kier molecular flexibility index (Phi) is 4.06. The van der Waals surface area contributed by atoms with Gasteiger partial charge < -0.3 is 15.0 Å². The maximum Gasteiger partial charge on any atom is 0.416 e. The number of aromatic nitrogens is 4. The summed E-state index contributed by atoms with van der Waals surface area (Å²) in [6, 6.07) is 4.13. The first-order chi connectivity index (χ1) is 13.8. The molecule has 0 unspecified atom stereocenters. The molecule has 3 atom stereocenters. The van der Waals surface area contributed by atoms with Crippen LogP contribution in [0.2, 0.25) is 0 Å². The van der Waals surface area contributed by atoms with Crippen molar-refractivity contribution in [1.82, 2.24) is 25.1 Å². The molecule has 2 fully saturated rings. The van der Waals surface area contributed by atoms with Gasteiger partial charge in [0.15, 0.2) is 5.65 Å². The molecule has 0 amide bonds. The molecule has 4 heterocycles. The van der Waals surface area contributed by atoms with Gasteiger partial charge in [-0.1, -0.05) is 0 Å². The Balaban J connectivity index is 1.55. The number of benzene rings is 1. The quantitative estimate of drug-likeness (QED) is 0.677. The second-order valence-corrected chi connectivity index (χ2v) is 7.92. The van der Waals surface area contributed by atoms with Gasteiger partial charge in [0.1, 0.15) is 17.0 Å². The number of nitrogens with zero attached hydrogens (tertiary/aromatic N) is 4. The van der Waals surface area contributed by atoms with E-state index in [2.05, 4.69) is 25.1 Å². The summed E-state index contributed by atoms with van der Waals surface area (Å²) >= 11 is 0. The van der Waals surface area contributed by atoms with Crippen LogP contribution in [0.4, 0.5) is 13.2 Å². The van der Waals surface area contributed by atoms with Gasteiger partial charge in [0.25, 0.3) is 0 Å². The Morgan fingerprint density at radius 3 is 2.69 bits per heavy atom. The topological polar surface area (TPSA) is 75.9 Å². The first-order valence-corrected chi connectivity index (χ1v) is 9.69. The van der Waals surface area contributed by atoms with Gasteiger partial charge in [-0.3, -0.25) is 0 Å². The maximum atomic E-state index is 12.9. The molecular formula is C20H20F3N5O. The van der Waals surface area contributed by atoms with E-state index < -0.39 is 17.5 Å². The van der Waals surface area contributed by atoms with Gasteiger partial charge in [-0.05, 0) is 50.8 Å². The molecule has 0 aliphatic carbocycles. The van der Waals surface area contributed by atoms with Crippen molar-refractivity contribution in [3.8, 4) is 17.0 Å². The highest BCUT2D eigenvalue weighted by Crippen LogP contribution is 2.39. The molecule has 0 spiro atoms. The van der Waals surface area contributed by atoms with Crippen LogP contribution in [-0.2, 0) is 6.18 Å². The first kappa shape index (κ1) is 18.4. The van der Waals surface area contributed by atoms with Crippen molar-refractivity contribution in [2.45, 2.75) is 56.9 Å². The lowest BCUT2D eigenvalue weighted by atomic mass is 9.99. The summed E-state index contributed by atoms with van der Waals surface area (Å²) in [6.45, 7) is 1.80. The summed E-state index contributed by atoms with van der Waals surface area (Å²) in [4.78, 5) is 4.52. The number of aromatic hydroxyl groups is 1. The molecule has 2 bridgehead atoms. The number of phenolic OH excluding ortho intramolecular Hbond substituents is 1. The molecule has 5 rings (SSSR count). The van der Waals surface area contributed by atoms with E-state index in [-0.39, 0.29) is 11.6 Å². The first-order valence-electron chi connectivity index (χ1n) is 9.69. The molecule has 9 heteroatoms. The Hall–Kier alpha value is -2.68. The smallest absolute Gasteiger partial charge is 0.416 e. The predicted molar refractivity (Wildman–Crippen MR) is 100 cm³/mol. The second kappa shape index (κ2) is 6.41. The Morgan fingerprint density at radius 1 is 1.14 bits per heavy atom. The number of alkyl halides is 3. The number of phenols is 1. The number of nitrogens with one attached hydrogen (secondary N) is 1. The molecular weight excluding hydrogens is 383 g/mol.